The fraction of sp³-hybridized carbons (Fsp3) is 0.0769. The highest BCUT2D eigenvalue weighted by atomic mass is 19.1. The summed E-state index contributed by atoms with van der Waals surface area (Å²) in [5.74, 6) is 0.117. The van der Waals surface area contributed by atoms with Gasteiger partial charge in [0.2, 0.25) is 11.7 Å². The van der Waals surface area contributed by atoms with Crippen molar-refractivity contribution in [2.75, 3.05) is 5.32 Å². The van der Waals surface area contributed by atoms with Gasteiger partial charge in [-0.1, -0.05) is 41.1 Å². The number of halogens is 1. The molecule has 1 N–H and O–H groups in total. The van der Waals surface area contributed by atoms with E-state index >= 15 is 0 Å². The number of para-hydroxylation sites is 1. The summed E-state index contributed by atoms with van der Waals surface area (Å²) in [5.41, 5.74) is 4.53. The minimum Gasteiger partial charge on any atom is -0.339 e. The highest BCUT2D eigenvalue weighted by Gasteiger charge is 2.21. The molecule has 0 aliphatic heterocycles. The van der Waals surface area contributed by atoms with Gasteiger partial charge in [0, 0.05) is 24.2 Å². The predicted molar refractivity (Wildman–Crippen MR) is 126 cm³/mol. The zero-order valence-corrected chi connectivity index (χ0v) is 18.5. The van der Waals surface area contributed by atoms with Crippen LogP contribution >= 0.6 is 0 Å². The largest absolute Gasteiger partial charge is 0.339 e. The van der Waals surface area contributed by atoms with Crippen molar-refractivity contribution in [3.63, 3.8) is 0 Å². The van der Waals surface area contributed by atoms with Crippen LogP contribution in [0.2, 0.25) is 0 Å². The lowest BCUT2D eigenvalue weighted by Gasteiger charge is -2.09. The molecular weight excluding hydrogens is 433 g/mol. The Morgan fingerprint density at radius 1 is 1.00 bits per heavy atom. The summed E-state index contributed by atoms with van der Waals surface area (Å²) in [4.78, 5) is 17.8. The van der Waals surface area contributed by atoms with Gasteiger partial charge in [0.25, 0.3) is 5.91 Å². The Labute approximate surface area is 194 Å². The lowest BCUT2D eigenvalue weighted by molar-refractivity contribution is 0.102. The van der Waals surface area contributed by atoms with E-state index in [9.17, 15) is 9.18 Å². The van der Waals surface area contributed by atoms with Gasteiger partial charge in [-0.2, -0.15) is 10.1 Å². The molecular formula is C26H20FN5O2. The molecule has 2 heterocycles. The Morgan fingerprint density at radius 2 is 1.79 bits per heavy atom. The summed E-state index contributed by atoms with van der Waals surface area (Å²) < 4.78 is 20.1. The number of aryl methyl sites for hydroxylation is 2. The minimum absolute atomic E-state index is 0.346. The smallest absolute Gasteiger partial charge is 0.259 e. The van der Waals surface area contributed by atoms with Crippen molar-refractivity contribution in [2.45, 2.75) is 13.8 Å². The Balaban J connectivity index is 1.56. The van der Waals surface area contributed by atoms with E-state index in [1.54, 1.807) is 36.0 Å². The number of nitrogens with one attached hydrogen (secondary N) is 1. The van der Waals surface area contributed by atoms with Crippen molar-refractivity contribution >= 4 is 11.6 Å². The summed E-state index contributed by atoms with van der Waals surface area (Å²) in [7, 11) is 0. The number of nitrogens with zero attached hydrogens (tertiary/aromatic N) is 4. The summed E-state index contributed by atoms with van der Waals surface area (Å²) in [6.07, 6.45) is 1.64. The molecule has 34 heavy (non-hydrogen) atoms. The van der Waals surface area contributed by atoms with Gasteiger partial charge in [-0.25, -0.2) is 9.07 Å². The fourth-order valence-electron chi connectivity index (χ4n) is 3.66. The third kappa shape index (κ3) is 4.21. The van der Waals surface area contributed by atoms with Crippen LogP contribution in [0.15, 0.2) is 83.5 Å². The third-order valence-electron chi connectivity index (χ3n) is 5.29. The van der Waals surface area contributed by atoms with Gasteiger partial charge in [0.15, 0.2) is 0 Å². The van der Waals surface area contributed by atoms with Crippen molar-refractivity contribution in [3.8, 4) is 28.3 Å². The van der Waals surface area contributed by atoms with Crippen molar-refractivity contribution in [1.29, 1.82) is 0 Å². The topological polar surface area (TPSA) is 85.8 Å². The maximum absolute atomic E-state index is 13.5. The quantitative estimate of drug-likeness (QED) is 0.375. The number of carbonyl (C=O) groups is 1. The van der Waals surface area contributed by atoms with E-state index in [4.69, 9.17) is 4.52 Å². The van der Waals surface area contributed by atoms with Crippen LogP contribution in [-0.2, 0) is 0 Å². The fourth-order valence-corrected chi connectivity index (χ4v) is 3.66. The molecule has 5 rings (SSSR count). The van der Waals surface area contributed by atoms with E-state index in [1.165, 1.54) is 12.1 Å². The lowest BCUT2D eigenvalue weighted by atomic mass is 10.1. The second-order valence-electron chi connectivity index (χ2n) is 7.82. The second-order valence-corrected chi connectivity index (χ2v) is 7.82. The number of benzene rings is 3. The first-order valence-electron chi connectivity index (χ1n) is 10.6. The maximum Gasteiger partial charge on any atom is 0.259 e. The SMILES string of the molecule is Cc1cccc(-c2nn(-c3ccc(F)cc3)cc2C(=O)Nc2ccccc2-c2noc(C)n2)c1. The van der Waals surface area contributed by atoms with Crippen LogP contribution in [0.4, 0.5) is 10.1 Å². The van der Waals surface area contributed by atoms with Gasteiger partial charge in [-0.05, 0) is 49.4 Å². The molecule has 0 fully saturated rings. The number of anilines is 1. The van der Waals surface area contributed by atoms with E-state index in [1.807, 2.05) is 49.4 Å². The first-order valence-corrected chi connectivity index (χ1v) is 10.6. The molecule has 0 spiro atoms. The summed E-state index contributed by atoms with van der Waals surface area (Å²) >= 11 is 0. The minimum atomic E-state index is -0.350. The van der Waals surface area contributed by atoms with Crippen LogP contribution in [0, 0.1) is 19.7 Å². The maximum atomic E-state index is 13.5. The Hall–Kier alpha value is -4.59. The molecule has 0 atom stereocenters. The molecule has 5 aromatic rings. The Kier molecular flexibility index (Phi) is 5.47. The third-order valence-corrected chi connectivity index (χ3v) is 5.29. The van der Waals surface area contributed by atoms with E-state index in [0.29, 0.717) is 39.9 Å². The van der Waals surface area contributed by atoms with Crippen molar-refractivity contribution in [2.24, 2.45) is 0 Å². The van der Waals surface area contributed by atoms with Gasteiger partial charge in [-0.3, -0.25) is 4.79 Å². The molecule has 0 saturated carbocycles. The molecule has 0 bridgehead atoms. The molecule has 0 aliphatic carbocycles. The second kappa shape index (κ2) is 8.74. The van der Waals surface area contributed by atoms with Crippen LogP contribution in [0.1, 0.15) is 21.8 Å². The Morgan fingerprint density at radius 3 is 2.53 bits per heavy atom. The average Bonchev–Trinajstić information content (AvgIpc) is 3.47. The van der Waals surface area contributed by atoms with Gasteiger partial charge in [0.1, 0.15) is 11.5 Å². The standard InChI is InChI=1S/C26H20FN5O2/c1-16-6-5-7-18(14-16)24-22(15-32(30-24)20-12-10-19(27)11-13-20)26(33)29-23-9-4-3-8-21(23)25-28-17(2)34-31-25/h3-15H,1-2H3,(H,29,33). The number of carbonyl (C=O) groups excluding carboxylic acids is 1. The summed E-state index contributed by atoms with van der Waals surface area (Å²) in [6.45, 7) is 3.68. The van der Waals surface area contributed by atoms with Crippen LogP contribution in [0.3, 0.4) is 0 Å². The Bertz CT molecular complexity index is 1490. The van der Waals surface area contributed by atoms with Crippen LogP contribution < -0.4 is 5.32 Å². The molecule has 3 aromatic carbocycles. The lowest BCUT2D eigenvalue weighted by Crippen LogP contribution is -2.13. The molecule has 0 radical (unpaired) electrons. The zero-order valence-electron chi connectivity index (χ0n) is 18.5. The summed E-state index contributed by atoms with van der Waals surface area (Å²) in [6, 6.07) is 20.9. The van der Waals surface area contributed by atoms with E-state index in [0.717, 1.165) is 11.1 Å². The average molecular weight is 453 g/mol. The first kappa shape index (κ1) is 21.3. The van der Waals surface area contributed by atoms with Crippen molar-refractivity contribution in [3.05, 3.63) is 102 Å². The number of amides is 1. The molecule has 7 nitrogen and oxygen atoms in total. The number of hydrogen-bond donors (Lipinski definition) is 1. The molecule has 0 aliphatic rings. The molecule has 8 heteroatoms. The van der Waals surface area contributed by atoms with Crippen molar-refractivity contribution < 1.29 is 13.7 Å². The molecule has 168 valence electrons. The first-order chi connectivity index (χ1) is 16.5. The normalized spacial score (nSPS) is 10.9. The van der Waals surface area contributed by atoms with Crippen LogP contribution in [-0.4, -0.2) is 25.8 Å². The molecule has 0 saturated heterocycles. The van der Waals surface area contributed by atoms with Gasteiger partial charge in [0.05, 0.1) is 16.9 Å². The zero-order chi connectivity index (χ0) is 23.7. The van der Waals surface area contributed by atoms with Crippen LogP contribution in [0.25, 0.3) is 28.3 Å². The number of aromatic nitrogens is 4. The van der Waals surface area contributed by atoms with Gasteiger partial charge >= 0.3 is 0 Å². The van der Waals surface area contributed by atoms with Crippen LogP contribution in [0.5, 0.6) is 0 Å². The van der Waals surface area contributed by atoms with Crippen molar-refractivity contribution in [1.82, 2.24) is 19.9 Å². The van der Waals surface area contributed by atoms with E-state index in [-0.39, 0.29) is 11.7 Å². The molecule has 0 unspecified atom stereocenters. The molecule has 1 amide bonds. The molecule has 2 aromatic heterocycles. The van der Waals surface area contributed by atoms with Gasteiger partial charge < -0.3 is 9.84 Å². The summed E-state index contributed by atoms with van der Waals surface area (Å²) in [5, 5.41) is 11.6. The number of rotatable bonds is 5. The monoisotopic (exact) mass is 453 g/mol. The predicted octanol–water partition coefficient (Wildman–Crippen LogP) is 5.60. The highest BCUT2D eigenvalue weighted by molar-refractivity contribution is 6.09. The highest BCUT2D eigenvalue weighted by Crippen LogP contribution is 2.29. The number of hydrogen-bond acceptors (Lipinski definition) is 5. The van der Waals surface area contributed by atoms with E-state index < -0.39 is 0 Å². The van der Waals surface area contributed by atoms with E-state index in [2.05, 4.69) is 20.6 Å². The van der Waals surface area contributed by atoms with Gasteiger partial charge in [-0.15, -0.1) is 0 Å².